The number of benzene rings is 2. The summed E-state index contributed by atoms with van der Waals surface area (Å²) in [7, 11) is 3.13. The van der Waals surface area contributed by atoms with E-state index in [2.05, 4.69) is 15.5 Å². The maximum Gasteiger partial charge on any atom is 0.230 e. The highest BCUT2D eigenvalue weighted by atomic mass is 35.5. The van der Waals surface area contributed by atoms with Crippen molar-refractivity contribution in [1.29, 1.82) is 0 Å². The monoisotopic (exact) mass is 494 g/mol. The Morgan fingerprint density at radius 3 is 2.38 bits per heavy atom. The molecule has 0 radical (unpaired) electrons. The summed E-state index contributed by atoms with van der Waals surface area (Å²) in [5.41, 5.74) is 1.04. The van der Waals surface area contributed by atoms with Gasteiger partial charge in [-0.2, -0.15) is 0 Å². The number of aromatic nitrogens is 3. The lowest BCUT2D eigenvalue weighted by molar-refractivity contribution is -0.119. The second-order valence-electron chi connectivity index (χ2n) is 7.89. The zero-order valence-electron chi connectivity index (χ0n) is 18.4. The third kappa shape index (κ3) is 5.68. The third-order valence-corrected chi connectivity index (χ3v) is 5.74. The number of hydrogen-bond acceptors (Lipinski definition) is 6. The molecule has 0 aliphatic rings. The SMILES string of the molecule is COc1ccc(-n2c(SCC(=O)NC(C)(C)C)nnc2-c2cc(Cl)ccc2OC)cc1Cl. The molecule has 1 aromatic heterocycles. The summed E-state index contributed by atoms with van der Waals surface area (Å²) in [6, 6.07) is 10.6. The Morgan fingerprint density at radius 2 is 1.75 bits per heavy atom. The Hall–Kier alpha value is -2.42. The van der Waals surface area contributed by atoms with Crippen molar-refractivity contribution in [3.05, 3.63) is 46.4 Å². The van der Waals surface area contributed by atoms with Crippen molar-refractivity contribution in [2.75, 3.05) is 20.0 Å². The van der Waals surface area contributed by atoms with Gasteiger partial charge in [-0.15, -0.1) is 10.2 Å². The molecule has 0 saturated carbocycles. The van der Waals surface area contributed by atoms with Crippen molar-refractivity contribution < 1.29 is 14.3 Å². The van der Waals surface area contributed by atoms with E-state index in [1.54, 1.807) is 44.6 Å². The van der Waals surface area contributed by atoms with Crippen LogP contribution >= 0.6 is 35.0 Å². The van der Waals surface area contributed by atoms with Crippen LogP contribution in [-0.2, 0) is 4.79 Å². The zero-order chi connectivity index (χ0) is 23.5. The maximum absolute atomic E-state index is 12.4. The molecule has 0 aliphatic heterocycles. The van der Waals surface area contributed by atoms with Crippen LogP contribution in [-0.4, -0.2) is 46.2 Å². The highest BCUT2D eigenvalue weighted by Crippen LogP contribution is 2.36. The van der Waals surface area contributed by atoms with E-state index in [1.807, 2.05) is 31.4 Å². The van der Waals surface area contributed by atoms with Crippen molar-refractivity contribution in [2.24, 2.45) is 0 Å². The van der Waals surface area contributed by atoms with Gasteiger partial charge in [0, 0.05) is 10.6 Å². The van der Waals surface area contributed by atoms with Gasteiger partial charge in [-0.3, -0.25) is 9.36 Å². The average molecular weight is 495 g/mol. The fraction of sp³-hybridized carbons (Fsp3) is 0.318. The van der Waals surface area contributed by atoms with Crippen molar-refractivity contribution in [2.45, 2.75) is 31.5 Å². The van der Waals surface area contributed by atoms with Crippen LogP contribution in [0, 0.1) is 0 Å². The molecule has 7 nitrogen and oxygen atoms in total. The van der Waals surface area contributed by atoms with Crippen LogP contribution in [0.5, 0.6) is 11.5 Å². The van der Waals surface area contributed by atoms with Gasteiger partial charge in [0.05, 0.1) is 36.2 Å². The Bertz CT molecular complexity index is 1130. The fourth-order valence-electron chi connectivity index (χ4n) is 3.00. The van der Waals surface area contributed by atoms with E-state index >= 15 is 0 Å². The molecule has 32 heavy (non-hydrogen) atoms. The quantitative estimate of drug-likeness (QED) is 0.451. The number of nitrogens with zero attached hydrogens (tertiary/aromatic N) is 3. The van der Waals surface area contributed by atoms with Crippen LogP contribution in [0.25, 0.3) is 17.1 Å². The minimum absolute atomic E-state index is 0.105. The van der Waals surface area contributed by atoms with E-state index in [0.717, 1.165) is 0 Å². The van der Waals surface area contributed by atoms with Gasteiger partial charge in [-0.1, -0.05) is 35.0 Å². The van der Waals surface area contributed by atoms with E-state index in [1.165, 1.54) is 11.8 Å². The largest absolute Gasteiger partial charge is 0.496 e. The van der Waals surface area contributed by atoms with E-state index in [9.17, 15) is 4.79 Å². The number of nitrogens with one attached hydrogen (secondary N) is 1. The standard InChI is InChI=1S/C22H24Cl2N4O3S/c1-22(2,3)25-19(29)12-32-21-27-26-20(15-10-13(23)6-8-17(15)30-4)28(21)14-7-9-18(31-5)16(24)11-14/h6-11H,12H2,1-5H3,(H,25,29). The Balaban J connectivity index is 2.08. The van der Waals surface area contributed by atoms with Crippen molar-refractivity contribution in [1.82, 2.24) is 20.1 Å². The summed E-state index contributed by atoms with van der Waals surface area (Å²) in [4.78, 5) is 12.4. The number of amides is 1. The molecule has 0 saturated heterocycles. The average Bonchev–Trinajstić information content (AvgIpc) is 3.14. The lowest BCUT2D eigenvalue weighted by Crippen LogP contribution is -2.41. The summed E-state index contributed by atoms with van der Waals surface area (Å²) < 4.78 is 12.6. The van der Waals surface area contributed by atoms with Crippen molar-refractivity contribution >= 4 is 40.9 Å². The van der Waals surface area contributed by atoms with E-state index in [4.69, 9.17) is 32.7 Å². The van der Waals surface area contributed by atoms with Gasteiger partial charge in [-0.25, -0.2) is 0 Å². The molecule has 1 N–H and O–H groups in total. The molecule has 0 aliphatic carbocycles. The molecule has 10 heteroatoms. The molecule has 0 spiro atoms. The van der Waals surface area contributed by atoms with Gasteiger partial charge in [0.15, 0.2) is 11.0 Å². The first kappa shape index (κ1) is 24.2. The van der Waals surface area contributed by atoms with Crippen molar-refractivity contribution in [3.8, 4) is 28.6 Å². The molecule has 0 bridgehead atoms. The number of carbonyl (C=O) groups is 1. The van der Waals surface area contributed by atoms with E-state index in [-0.39, 0.29) is 17.2 Å². The van der Waals surface area contributed by atoms with Crippen LogP contribution < -0.4 is 14.8 Å². The summed E-state index contributed by atoms with van der Waals surface area (Å²) in [5.74, 6) is 1.70. The first-order valence-corrected chi connectivity index (χ1v) is 11.4. The number of carbonyl (C=O) groups excluding carboxylic acids is 1. The molecule has 1 heterocycles. The second kappa shape index (κ2) is 10.0. The van der Waals surface area contributed by atoms with Crippen LogP contribution in [0.2, 0.25) is 10.0 Å². The number of hydrogen-bond donors (Lipinski definition) is 1. The maximum atomic E-state index is 12.4. The number of rotatable bonds is 7. The summed E-state index contributed by atoms with van der Waals surface area (Å²) >= 11 is 13.9. The number of halogens is 2. The lowest BCUT2D eigenvalue weighted by atomic mass is 10.1. The molecule has 0 atom stereocenters. The zero-order valence-corrected chi connectivity index (χ0v) is 20.7. The van der Waals surface area contributed by atoms with Gasteiger partial charge in [0.1, 0.15) is 11.5 Å². The molecule has 0 unspecified atom stereocenters. The normalized spacial score (nSPS) is 11.3. The molecule has 170 valence electrons. The molecular weight excluding hydrogens is 471 g/mol. The Labute approximate surface area is 201 Å². The summed E-state index contributed by atoms with van der Waals surface area (Å²) in [6.45, 7) is 5.79. The van der Waals surface area contributed by atoms with E-state index in [0.29, 0.717) is 43.8 Å². The molecular formula is C22H24Cl2N4O3S. The highest BCUT2D eigenvalue weighted by Gasteiger charge is 2.22. The van der Waals surface area contributed by atoms with Crippen LogP contribution in [0.3, 0.4) is 0 Å². The van der Waals surface area contributed by atoms with Gasteiger partial charge < -0.3 is 14.8 Å². The van der Waals surface area contributed by atoms with Gasteiger partial charge in [0.2, 0.25) is 5.91 Å². The molecule has 1 amide bonds. The van der Waals surface area contributed by atoms with Gasteiger partial charge in [0.25, 0.3) is 0 Å². The van der Waals surface area contributed by atoms with Gasteiger partial charge >= 0.3 is 0 Å². The van der Waals surface area contributed by atoms with Crippen LogP contribution in [0.15, 0.2) is 41.6 Å². The minimum Gasteiger partial charge on any atom is -0.496 e. The Morgan fingerprint density at radius 1 is 1.06 bits per heavy atom. The molecule has 3 rings (SSSR count). The fourth-order valence-corrected chi connectivity index (χ4v) is 4.18. The van der Waals surface area contributed by atoms with Crippen LogP contribution in [0.4, 0.5) is 0 Å². The third-order valence-electron chi connectivity index (χ3n) is 4.28. The summed E-state index contributed by atoms with van der Waals surface area (Å²) in [6.07, 6.45) is 0. The smallest absolute Gasteiger partial charge is 0.230 e. The van der Waals surface area contributed by atoms with Gasteiger partial charge in [-0.05, 0) is 57.2 Å². The first-order valence-electron chi connectivity index (χ1n) is 9.70. The van der Waals surface area contributed by atoms with E-state index < -0.39 is 0 Å². The number of ether oxygens (including phenoxy) is 2. The second-order valence-corrected chi connectivity index (χ2v) is 9.68. The van der Waals surface area contributed by atoms with Crippen LogP contribution in [0.1, 0.15) is 20.8 Å². The number of thioether (sulfide) groups is 1. The molecule has 3 aromatic rings. The predicted molar refractivity (Wildman–Crippen MR) is 129 cm³/mol. The lowest BCUT2D eigenvalue weighted by Gasteiger charge is -2.20. The highest BCUT2D eigenvalue weighted by molar-refractivity contribution is 7.99. The van der Waals surface area contributed by atoms with Crippen molar-refractivity contribution in [3.63, 3.8) is 0 Å². The molecule has 0 fully saturated rings. The first-order chi connectivity index (χ1) is 15.1. The minimum atomic E-state index is -0.325. The number of methoxy groups -OCH3 is 2. The Kier molecular flexibility index (Phi) is 7.59. The topological polar surface area (TPSA) is 78.3 Å². The predicted octanol–water partition coefficient (Wildman–Crippen LogP) is 5.27. The summed E-state index contributed by atoms with van der Waals surface area (Å²) in [5, 5.41) is 13.2. The molecule has 2 aromatic carbocycles.